The highest BCUT2D eigenvalue weighted by atomic mass is 32.2. The number of nitrogens with one attached hydrogen (secondary N) is 2. The lowest BCUT2D eigenvalue weighted by Gasteiger charge is -2.10. The van der Waals surface area contributed by atoms with Crippen molar-refractivity contribution in [2.75, 3.05) is 11.1 Å². The van der Waals surface area contributed by atoms with Gasteiger partial charge in [0.25, 0.3) is 11.1 Å². The van der Waals surface area contributed by atoms with Gasteiger partial charge in [0.05, 0.1) is 17.0 Å². The number of rotatable bonds is 7. The first-order chi connectivity index (χ1) is 14.1. The third-order valence-electron chi connectivity index (χ3n) is 4.39. The Morgan fingerprint density at radius 2 is 1.86 bits per heavy atom. The standard InChI is InChI=1S/C21H20N4O3S/c1-13-6-8-14(9-7-13)20-24-25-21(28-20)29-12-18(26)23-17-5-3-2-4-16(17)19(27)22-15-10-11-15/h2-9,15H,10-12H2,1H3,(H,22,27)(H,23,26). The number of anilines is 1. The van der Waals surface area contributed by atoms with Crippen LogP contribution < -0.4 is 10.6 Å². The van der Waals surface area contributed by atoms with Gasteiger partial charge in [-0.3, -0.25) is 9.59 Å². The molecule has 0 aliphatic heterocycles. The minimum absolute atomic E-state index is 0.0914. The molecule has 0 bridgehead atoms. The Morgan fingerprint density at radius 1 is 1.10 bits per heavy atom. The summed E-state index contributed by atoms with van der Waals surface area (Å²) in [6.45, 7) is 2.01. The Labute approximate surface area is 172 Å². The van der Waals surface area contributed by atoms with Crippen LogP contribution in [0.15, 0.2) is 58.2 Å². The van der Waals surface area contributed by atoms with E-state index in [4.69, 9.17) is 4.42 Å². The molecular weight excluding hydrogens is 388 g/mol. The molecule has 4 rings (SSSR count). The van der Waals surface area contributed by atoms with Gasteiger partial charge in [-0.2, -0.15) is 0 Å². The molecule has 1 saturated carbocycles. The monoisotopic (exact) mass is 408 g/mol. The molecule has 3 aromatic rings. The molecule has 1 aliphatic carbocycles. The number of thioether (sulfide) groups is 1. The molecule has 0 unspecified atom stereocenters. The van der Waals surface area contributed by atoms with E-state index in [1.165, 1.54) is 0 Å². The smallest absolute Gasteiger partial charge is 0.277 e. The second-order valence-corrected chi connectivity index (χ2v) is 7.80. The number of carbonyl (C=O) groups is 2. The molecule has 0 saturated heterocycles. The van der Waals surface area contributed by atoms with Crippen molar-refractivity contribution >= 4 is 29.3 Å². The van der Waals surface area contributed by atoms with Gasteiger partial charge in [0, 0.05) is 11.6 Å². The van der Waals surface area contributed by atoms with Gasteiger partial charge >= 0.3 is 0 Å². The average Bonchev–Trinajstić information content (AvgIpc) is 3.41. The Hall–Kier alpha value is -3.13. The first kappa shape index (κ1) is 19.2. The molecule has 0 atom stereocenters. The molecule has 1 aliphatic rings. The minimum atomic E-state index is -0.253. The third-order valence-corrected chi connectivity index (χ3v) is 5.21. The SMILES string of the molecule is Cc1ccc(-c2nnc(SCC(=O)Nc3ccccc3C(=O)NC3CC3)o2)cc1. The van der Waals surface area contributed by atoms with Crippen molar-refractivity contribution in [3.05, 3.63) is 59.7 Å². The lowest BCUT2D eigenvalue weighted by atomic mass is 10.1. The normalized spacial score (nSPS) is 13.1. The van der Waals surface area contributed by atoms with Crippen molar-refractivity contribution in [1.29, 1.82) is 0 Å². The maximum Gasteiger partial charge on any atom is 0.277 e. The number of hydrogen-bond donors (Lipinski definition) is 2. The van der Waals surface area contributed by atoms with Crippen LogP contribution in [0.3, 0.4) is 0 Å². The number of carbonyl (C=O) groups excluding carboxylic acids is 2. The van der Waals surface area contributed by atoms with Crippen LogP contribution in [0.1, 0.15) is 28.8 Å². The maximum atomic E-state index is 12.4. The van der Waals surface area contributed by atoms with Gasteiger partial charge in [-0.25, -0.2) is 0 Å². The van der Waals surface area contributed by atoms with Crippen molar-refractivity contribution in [3.8, 4) is 11.5 Å². The van der Waals surface area contributed by atoms with Gasteiger partial charge in [-0.1, -0.05) is 41.6 Å². The number of para-hydroxylation sites is 1. The Balaban J connectivity index is 1.35. The fourth-order valence-corrected chi connectivity index (χ4v) is 3.24. The summed E-state index contributed by atoms with van der Waals surface area (Å²) in [5, 5.41) is 14.0. The molecule has 0 spiro atoms. The van der Waals surface area contributed by atoms with Gasteiger partial charge < -0.3 is 15.1 Å². The quantitative estimate of drug-likeness (QED) is 0.579. The molecule has 29 heavy (non-hydrogen) atoms. The predicted octanol–water partition coefficient (Wildman–Crippen LogP) is 3.67. The van der Waals surface area contributed by atoms with Crippen LogP contribution in [0.5, 0.6) is 0 Å². The van der Waals surface area contributed by atoms with E-state index in [9.17, 15) is 9.59 Å². The molecule has 8 heteroatoms. The van der Waals surface area contributed by atoms with Gasteiger partial charge in [0.2, 0.25) is 11.8 Å². The van der Waals surface area contributed by atoms with Crippen LogP contribution >= 0.6 is 11.8 Å². The Morgan fingerprint density at radius 3 is 2.62 bits per heavy atom. The summed E-state index contributed by atoms with van der Waals surface area (Å²) < 4.78 is 5.62. The fraction of sp³-hybridized carbons (Fsp3) is 0.238. The van der Waals surface area contributed by atoms with Crippen LogP contribution in [-0.4, -0.2) is 33.8 Å². The van der Waals surface area contributed by atoms with Gasteiger partial charge in [0.15, 0.2) is 0 Å². The molecule has 0 radical (unpaired) electrons. The van der Waals surface area contributed by atoms with E-state index in [-0.39, 0.29) is 23.6 Å². The molecule has 2 amide bonds. The first-order valence-electron chi connectivity index (χ1n) is 9.31. The van der Waals surface area contributed by atoms with Gasteiger partial charge in [0.1, 0.15) is 0 Å². The molecule has 1 aromatic heterocycles. The largest absolute Gasteiger partial charge is 0.411 e. The van der Waals surface area contributed by atoms with Gasteiger partial charge in [-0.15, -0.1) is 10.2 Å². The number of benzene rings is 2. The first-order valence-corrected chi connectivity index (χ1v) is 10.3. The van der Waals surface area contributed by atoms with Crippen molar-refractivity contribution in [2.45, 2.75) is 31.0 Å². The van der Waals surface area contributed by atoms with Gasteiger partial charge in [-0.05, 0) is 44.0 Å². The third kappa shape index (κ3) is 5.03. The zero-order valence-corrected chi connectivity index (χ0v) is 16.7. The summed E-state index contributed by atoms with van der Waals surface area (Å²) in [6, 6.07) is 15.0. The lowest BCUT2D eigenvalue weighted by molar-refractivity contribution is -0.113. The minimum Gasteiger partial charge on any atom is -0.411 e. The number of hydrogen-bond acceptors (Lipinski definition) is 6. The van der Waals surface area contributed by atoms with Crippen molar-refractivity contribution in [3.63, 3.8) is 0 Å². The Kier molecular flexibility index (Phi) is 5.62. The van der Waals surface area contributed by atoms with E-state index in [1.807, 2.05) is 31.2 Å². The lowest BCUT2D eigenvalue weighted by Crippen LogP contribution is -2.27. The van der Waals surface area contributed by atoms with E-state index in [1.54, 1.807) is 24.3 Å². The molecule has 1 heterocycles. The van der Waals surface area contributed by atoms with E-state index >= 15 is 0 Å². The summed E-state index contributed by atoms with van der Waals surface area (Å²) in [5.74, 6) is 0.0798. The zero-order valence-electron chi connectivity index (χ0n) is 15.8. The molecule has 2 N–H and O–H groups in total. The molecule has 7 nitrogen and oxygen atoms in total. The summed E-state index contributed by atoms with van der Waals surface area (Å²) in [6.07, 6.45) is 2.01. The van der Waals surface area contributed by atoms with Crippen LogP contribution in [0.25, 0.3) is 11.5 Å². The number of amides is 2. The van der Waals surface area contributed by atoms with Crippen LogP contribution in [0.2, 0.25) is 0 Å². The molecular formula is C21H20N4O3S. The molecule has 2 aromatic carbocycles. The summed E-state index contributed by atoms with van der Waals surface area (Å²) in [7, 11) is 0. The topological polar surface area (TPSA) is 97.1 Å². The number of nitrogens with zero attached hydrogens (tertiary/aromatic N) is 2. The fourth-order valence-electron chi connectivity index (χ4n) is 2.68. The van der Waals surface area contributed by atoms with Crippen LogP contribution in [0, 0.1) is 6.92 Å². The molecule has 148 valence electrons. The van der Waals surface area contributed by atoms with E-state index in [0.717, 1.165) is 35.7 Å². The number of aromatic nitrogens is 2. The van der Waals surface area contributed by atoms with Crippen molar-refractivity contribution < 1.29 is 14.0 Å². The van der Waals surface area contributed by atoms with Crippen LogP contribution in [0.4, 0.5) is 5.69 Å². The van der Waals surface area contributed by atoms with Crippen molar-refractivity contribution in [2.24, 2.45) is 0 Å². The molecule has 1 fully saturated rings. The summed E-state index contributed by atoms with van der Waals surface area (Å²) in [4.78, 5) is 24.7. The average molecular weight is 408 g/mol. The van der Waals surface area contributed by atoms with E-state index < -0.39 is 0 Å². The highest BCUT2D eigenvalue weighted by molar-refractivity contribution is 7.99. The highest BCUT2D eigenvalue weighted by Crippen LogP contribution is 2.24. The summed E-state index contributed by atoms with van der Waals surface area (Å²) in [5.41, 5.74) is 2.92. The van der Waals surface area contributed by atoms with Crippen LogP contribution in [-0.2, 0) is 4.79 Å². The summed E-state index contributed by atoms with van der Waals surface area (Å²) >= 11 is 1.15. The van der Waals surface area contributed by atoms with Crippen molar-refractivity contribution in [1.82, 2.24) is 15.5 Å². The zero-order chi connectivity index (χ0) is 20.2. The maximum absolute atomic E-state index is 12.4. The Bertz CT molecular complexity index is 1030. The van der Waals surface area contributed by atoms with E-state index in [2.05, 4.69) is 20.8 Å². The number of aryl methyl sites for hydroxylation is 1. The highest BCUT2D eigenvalue weighted by Gasteiger charge is 2.25. The second kappa shape index (κ2) is 8.48. The predicted molar refractivity (Wildman–Crippen MR) is 111 cm³/mol. The van der Waals surface area contributed by atoms with E-state index in [0.29, 0.717) is 22.4 Å². The second-order valence-electron chi connectivity index (χ2n) is 6.87.